The number of nitrogens with one attached hydrogen (secondary N) is 2. The van der Waals surface area contributed by atoms with Crippen LogP contribution in [0.5, 0.6) is 5.75 Å². The van der Waals surface area contributed by atoms with Crippen LogP contribution >= 0.6 is 27.5 Å². The van der Waals surface area contributed by atoms with Gasteiger partial charge in [-0.1, -0.05) is 27.5 Å². The van der Waals surface area contributed by atoms with E-state index in [9.17, 15) is 9.18 Å². The number of ether oxygens (including phenoxy) is 1. The topological polar surface area (TPSA) is 42.8 Å². The van der Waals surface area contributed by atoms with Crippen LogP contribution in [0, 0.1) is 5.82 Å². The number of quaternary nitrogens is 1. The molecule has 7 heteroatoms. The van der Waals surface area contributed by atoms with Gasteiger partial charge in [0.05, 0.1) is 19.8 Å². The van der Waals surface area contributed by atoms with E-state index in [0.29, 0.717) is 16.0 Å². The predicted octanol–water partition coefficient (Wildman–Crippen LogP) is 2.90. The minimum absolute atomic E-state index is 0.163. The van der Waals surface area contributed by atoms with Gasteiger partial charge in [-0.15, -0.1) is 0 Å². The molecule has 0 saturated heterocycles. The quantitative estimate of drug-likeness (QED) is 0.760. The van der Waals surface area contributed by atoms with Crippen LogP contribution in [-0.2, 0) is 11.3 Å². The highest BCUT2D eigenvalue weighted by molar-refractivity contribution is 9.10. The van der Waals surface area contributed by atoms with Gasteiger partial charge in [-0.05, 0) is 36.4 Å². The highest BCUT2D eigenvalue weighted by atomic mass is 79.9. The highest BCUT2D eigenvalue weighted by Gasteiger charge is 2.15. The van der Waals surface area contributed by atoms with Gasteiger partial charge in [0, 0.05) is 15.1 Å². The molecule has 0 heterocycles. The smallest absolute Gasteiger partial charge is 0.279 e. The van der Waals surface area contributed by atoms with Gasteiger partial charge < -0.3 is 15.0 Å². The van der Waals surface area contributed by atoms with Gasteiger partial charge in [-0.25, -0.2) is 4.39 Å². The van der Waals surface area contributed by atoms with Crippen LogP contribution in [-0.4, -0.2) is 26.6 Å². The molecule has 2 N–H and O–H groups in total. The Morgan fingerprint density at radius 2 is 2.08 bits per heavy atom. The van der Waals surface area contributed by atoms with Crippen molar-refractivity contribution in [1.29, 1.82) is 0 Å². The summed E-state index contributed by atoms with van der Waals surface area (Å²) in [5, 5.41) is 3.19. The van der Waals surface area contributed by atoms with E-state index in [-0.39, 0.29) is 18.1 Å². The number of hydrogen-bond acceptors (Lipinski definition) is 2. The van der Waals surface area contributed by atoms with E-state index in [2.05, 4.69) is 21.2 Å². The van der Waals surface area contributed by atoms with Gasteiger partial charge in [0.2, 0.25) is 0 Å². The fourth-order valence-corrected chi connectivity index (χ4v) is 2.86. The Hall–Kier alpha value is -1.63. The summed E-state index contributed by atoms with van der Waals surface area (Å²) in [5.41, 5.74) is 1.07. The number of anilines is 1. The number of amides is 1. The number of methoxy groups -OCH3 is 1. The van der Waals surface area contributed by atoms with Gasteiger partial charge in [0.15, 0.2) is 6.54 Å². The summed E-state index contributed by atoms with van der Waals surface area (Å²) in [6, 6.07) is 9.86. The van der Waals surface area contributed by atoms with E-state index in [1.54, 1.807) is 25.3 Å². The molecule has 0 aliphatic heterocycles. The van der Waals surface area contributed by atoms with Crippen LogP contribution in [0.15, 0.2) is 40.9 Å². The molecule has 0 aliphatic rings. The minimum Gasteiger partial charge on any atom is -0.496 e. The first-order valence-electron chi connectivity index (χ1n) is 7.27. The lowest BCUT2D eigenvalue weighted by atomic mass is 10.2. The van der Waals surface area contributed by atoms with E-state index in [0.717, 1.165) is 16.2 Å². The molecule has 1 amide bonds. The molecule has 1 unspecified atom stereocenters. The lowest BCUT2D eigenvalue weighted by Crippen LogP contribution is -3.08. The summed E-state index contributed by atoms with van der Waals surface area (Å²) in [6.07, 6.45) is 0. The fraction of sp³-hybridized carbons (Fsp3) is 0.235. The van der Waals surface area contributed by atoms with Crippen molar-refractivity contribution < 1.29 is 18.8 Å². The normalized spacial score (nSPS) is 11.9. The molecule has 24 heavy (non-hydrogen) atoms. The van der Waals surface area contributed by atoms with Gasteiger partial charge in [-0.2, -0.15) is 0 Å². The summed E-state index contributed by atoms with van der Waals surface area (Å²) < 4.78 is 19.7. The van der Waals surface area contributed by atoms with E-state index < -0.39 is 5.82 Å². The number of benzene rings is 2. The lowest BCUT2D eigenvalue weighted by Gasteiger charge is -2.16. The fourth-order valence-electron chi connectivity index (χ4n) is 2.33. The van der Waals surface area contributed by atoms with E-state index in [1.165, 1.54) is 12.1 Å². The maximum atomic E-state index is 13.8. The summed E-state index contributed by atoms with van der Waals surface area (Å²) in [7, 11) is 3.46. The van der Waals surface area contributed by atoms with Gasteiger partial charge in [-0.3, -0.25) is 4.79 Å². The zero-order chi connectivity index (χ0) is 17.7. The maximum absolute atomic E-state index is 13.8. The third-order valence-corrected chi connectivity index (χ3v) is 4.13. The SMILES string of the molecule is COc1ccc(Cl)cc1C[NH+](C)CC(=O)Nc1ccc(Br)cc1F. The van der Waals surface area contributed by atoms with Crippen molar-refractivity contribution in [2.45, 2.75) is 6.54 Å². The second-order valence-corrected chi connectivity index (χ2v) is 6.79. The second-order valence-electron chi connectivity index (χ2n) is 5.44. The predicted molar refractivity (Wildman–Crippen MR) is 96.2 cm³/mol. The molecule has 4 nitrogen and oxygen atoms in total. The third kappa shape index (κ3) is 5.19. The van der Waals surface area contributed by atoms with E-state index in [4.69, 9.17) is 16.3 Å². The molecule has 0 saturated carbocycles. The number of carbonyl (C=O) groups excluding carboxylic acids is 1. The van der Waals surface area contributed by atoms with Crippen LogP contribution in [0.1, 0.15) is 5.56 Å². The summed E-state index contributed by atoms with van der Waals surface area (Å²) in [6.45, 7) is 0.741. The standard InChI is InChI=1S/C17H17BrClFN2O2/c1-22(9-11-7-13(19)4-6-16(11)24-2)10-17(23)21-15-5-3-12(18)8-14(15)20/h3-8H,9-10H2,1-2H3,(H,21,23)/p+1. The molecule has 0 aromatic heterocycles. The summed E-state index contributed by atoms with van der Waals surface area (Å²) in [4.78, 5) is 13.0. The molecule has 0 radical (unpaired) electrons. The van der Waals surface area contributed by atoms with Gasteiger partial charge in [0.25, 0.3) is 5.91 Å². The minimum atomic E-state index is -0.480. The molecule has 2 rings (SSSR count). The molecule has 0 bridgehead atoms. The first kappa shape index (κ1) is 18.7. The Balaban J connectivity index is 1.98. The van der Waals surface area contributed by atoms with Gasteiger partial charge in [0.1, 0.15) is 18.1 Å². The monoisotopic (exact) mass is 415 g/mol. The average Bonchev–Trinajstić information content (AvgIpc) is 2.50. The van der Waals surface area contributed by atoms with Crippen molar-refractivity contribution in [3.05, 3.63) is 57.3 Å². The summed E-state index contributed by atoms with van der Waals surface area (Å²) >= 11 is 9.19. The van der Waals surface area contributed by atoms with Crippen LogP contribution in [0.25, 0.3) is 0 Å². The number of hydrogen-bond donors (Lipinski definition) is 2. The zero-order valence-corrected chi connectivity index (χ0v) is 15.7. The lowest BCUT2D eigenvalue weighted by molar-refractivity contribution is -0.885. The van der Waals surface area contributed by atoms with Crippen molar-refractivity contribution in [2.24, 2.45) is 0 Å². The van der Waals surface area contributed by atoms with Gasteiger partial charge >= 0.3 is 0 Å². The van der Waals surface area contributed by atoms with Crippen LogP contribution in [0.2, 0.25) is 5.02 Å². The number of likely N-dealkylation sites (N-methyl/N-ethyl adjacent to an activating group) is 1. The number of carbonyl (C=O) groups is 1. The molecular formula is C17H18BrClFN2O2+. The Morgan fingerprint density at radius 1 is 1.33 bits per heavy atom. The van der Waals surface area contributed by atoms with Crippen LogP contribution < -0.4 is 15.0 Å². The van der Waals surface area contributed by atoms with Crippen molar-refractivity contribution in [1.82, 2.24) is 0 Å². The van der Waals surface area contributed by atoms with E-state index >= 15 is 0 Å². The Kier molecular flexibility index (Phi) is 6.60. The zero-order valence-electron chi connectivity index (χ0n) is 13.3. The van der Waals surface area contributed by atoms with Crippen molar-refractivity contribution in [2.75, 3.05) is 26.0 Å². The Bertz CT molecular complexity index is 743. The highest BCUT2D eigenvalue weighted by Crippen LogP contribution is 2.22. The molecule has 2 aromatic rings. The first-order valence-corrected chi connectivity index (χ1v) is 8.44. The average molecular weight is 417 g/mol. The second kappa shape index (κ2) is 8.46. The molecule has 1 atom stereocenters. The first-order chi connectivity index (χ1) is 11.4. The van der Waals surface area contributed by atoms with E-state index in [1.807, 2.05) is 13.1 Å². The Labute approximate surface area is 153 Å². The maximum Gasteiger partial charge on any atom is 0.279 e. The van der Waals surface area contributed by atoms with Crippen molar-refractivity contribution in [3.63, 3.8) is 0 Å². The molecule has 128 valence electrons. The number of rotatable bonds is 6. The van der Waals surface area contributed by atoms with Crippen LogP contribution in [0.4, 0.5) is 10.1 Å². The molecule has 2 aromatic carbocycles. The Morgan fingerprint density at radius 3 is 2.75 bits per heavy atom. The summed E-state index contributed by atoms with van der Waals surface area (Å²) in [5.74, 6) is -0.0280. The number of halogens is 3. The molecule has 0 spiro atoms. The molecular weight excluding hydrogens is 399 g/mol. The molecule has 0 aliphatic carbocycles. The van der Waals surface area contributed by atoms with Crippen molar-refractivity contribution in [3.8, 4) is 5.75 Å². The molecule has 0 fully saturated rings. The van der Waals surface area contributed by atoms with Crippen molar-refractivity contribution >= 4 is 39.1 Å². The largest absolute Gasteiger partial charge is 0.496 e. The third-order valence-electron chi connectivity index (χ3n) is 3.40. The van der Waals surface area contributed by atoms with Crippen LogP contribution in [0.3, 0.4) is 0 Å².